The van der Waals surface area contributed by atoms with E-state index in [-0.39, 0.29) is 11.5 Å². The molecule has 0 fully saturated rings. The van der Waals surface area contributed by atoms with Gasteiger partial charge in [-0.2, -0.15) is 0 Å². The molecule has 0 saturated carbocycles. The number of rotatable bonds is 6. The Kier molecular flexibility index (Phi) is 4.97. The summed E-state index contributed by atoms with van der Waals surface area (Å²) >= 11 is 0. The Morgan fingerprint density at radius 2 is 1.35 bits per heavy atom. The summed E-state index contributed by atoms with van der Waals surface area (Å²) in [6.45, 7) is 4.34. The van der Waals surface area contributed by atoms with Crippen LogP contribution in [0.1, 0.15) is 37.8 Å². The number of aliphatic hydroxyl groups is 1. The molecule has 2 rings (SSSR count). The molecule has 0 aliphatic carbocycles. The number of aliphatic hydroxyl groups excluding tert-OH is 1. The average Bonchev–Trinajstić information content (AvgIpc) is 2.51. The van der Waals surface area contributed by atoms with Crippen molar-refractivity contribution in [3.05, 3.63) is 71.8 Å². The van der Waals surface area contributed by atoms with Crippen LogP contribution in [0, 0.1) is 0 Å². The van der Waals surface area contributed by atoms with Gasteiger partial charge in [0.25, 0.3) is 0 Å². The van der Waals surface area contributed by atoms with Crippen LogP contribution < -0.4 is 0 Å². The van der Waals surface area contributed by atoms with Crippen molar-refractivity contribution < 1.29 is 5.11 Å². The molecule has 0 aromatic heterocycles. The summed E-state index contributed by atoms with van der Waals surface area (Å²) in [6, 6.07) is 20.7. The quantitative estimate of drug-likeness (QED) is 0.826. The molecule has 0 bridgehead atoms. The molecule has 1 atom stereocenters. The molecule has 0 aliphatic rings. The van der Waals surface area contributed by atoms with Gasteiger partial charge in [0.15, 0.2) is 0 Å². The summed E-state index contributed by atoms with van der Waals surface area (Å²) < 4.78 is 0. The third-order valence-electron chi connectivity index (χ3n) is 4.52. The van der Waals surface area contributed by atoms with E-state index in [1.807, 2.05) is 24.3 Å². The number of hydrogen-bond donors (Lipinski definition) is 1. The van der Waals surface area contributed by atoms with E-state index in [1.165, 1.54) is 11.1 Å². The van der Waals surface area contributed by atoms with E-state index in [2.05, 4.69) is 50.2 Å². The summed E-state index contributed by atoms with van der Waals surface area (Å²) in [5.41, 5.74) is 2.28. The largest absolute Gasteiger partial charge is 0.392 e. The molecule has 0 radical (unpaired) electrons. The molecule has 1 unspecified atom stereocenters. The lowest BCUT2D eigenvalue weighted by atomic mass is 9.70. The van der Waals surface area contributed by atoms with Gasteiger partial charge in [0.05, 0.1) is 6.10 Å². The van der Waals surface area contributed by atoms with Crippen molar-refractivity contribution in [2.24, 2.45) is 0 Å². The molecule has 1 heteroatoms. The monoisotopic (exact) mass is 268 g/mol. The highest BCUT2D eigenvalue weighted by molar-refractivity contribution is 5.28. The molecule has 1 N–H and O–H groups in total. The summed E-state index contributed by atoms with van der Waals surface area (Å²) in [4.78, 5) is 0. The topological polar surface area (TPSA) is 20.2 Å². The van der Waals surface area contributed by atoms with Crippen molar-refractivity contribution in [3.8, 4) is 0 Å². The Labute approximate surface area is 122 Å². The molecule has 106 valence electrons. The maximum absolute atomic E-state index is 10.9. The molecule has 1 nitrogen and oxygen atoms in total. The fraction of sp³-hybridized carbons (Fsp3) is 0.368. The van der Waals surface area contributed by atoms with E-state index in [9.17, 15) is 5.11 Å². The third kappa shape index (κ3) is 2.94. The van der Waals surface area contributed by atoms with Crippen molar-refractivity contribution in [2.45, 2.75) is 44.6 Å². The van der Waals surface area contributed by atoms with Crippen LogP contribution in [-0.4, -0.2) is 11.2 Å². The van der Waals surface area contributed by atoms with Gasteiger partial charge in [0, 0.05) is 5.41 Å². The van der Waals surface area contributed by atoms with Crippen LogP contribution >= 0.6 is 0 Å². The maximum atomic E-state index is 10.9. The SMILES string of the molecule is CCC(CC)(c1ccccc1)C(O)Cc1ccccc1. The van der Waals surface area contributed by atoms with Gasteiger partial charge >= 0.3 is 0 Å². The molecule has 0 aliphatic heterocycles. The first kappa shape index (κ1) is 14.8. The smallest absolute Gasteiger partial charge is 0.0676 e. The zero-order valence-corrected chi connectivity index (χ0v) is 12.4. The van der Waals surface area contributed by atoms with Gasteiger partial charge in [-0.05, 0) is 30.4 Å². The first-order valence-electron chi connectivity index (χ1n) is 7.50. The van der Waals surface area contributed by atoms with E-state index < -0.39 is 0 Å². The second-order valence-electron chi connectivity index (χ2n) is 5.43. The molecule has 0 amide bonds. The van der Waals surface area contributed by atoms with Gasteiger partial charge in [0.2, 0.25) is 0 Å². The molecule has 2 aromatic carbocycles. The summed E-state index contributed by atoms with van der Waals surface area (Å²) in [7, 11) is 0. The van der Waals surface area contributed by atoms with Crippen molar-refractivity contribution in [1.82, 2.24) is 0 Å². The van der Waals surface area contributed by atoms with Crippen LogP contribution in [-0.2, 0) is 11.8 Å². The molecule has 20 heavy (non-hydrogen) atoms. The highest BCUT2D eigenvalue weighted by Crippen LogP contribution is 2.36. The second kappa shape index (κ2) is 6.71. The van der Waals surface area contributed by atoms with Crippen LogP contribution in [0.15, 0.2) is 60.7 Å². The Bertz CT molecular complexity index is 500. The molecule has 0 heterocycles. The summed E-state index contributed by atoms with van der Waals surface area (Å²) in [6.07, 6.45) is 2.24. The van der Waals surface area contributed by atoms with Gasteiger partial charge in [-0.25, -0.2) is 0 Å². The van der Waals surface area contributed by atoms with Gasteiger partial charge in [-0.1, -0.05) is 74.5 Å². The van der Waals surface area contributed by atoms with Crippen LogP contribution in [0.4, 0.5) is 0 Å². The predicted octanol–water partition coefficient (Wildman–Crippen LogP) is 4.35. The van der Waals surface area contributed by atoms with Crippen molar-refractivity contribution in [1.29, 1.82) is 0 Å². The first-order chi connectivity index (χ1) is 9.73. The van der Waals surface area contributed by atoms with E-state index in [1.54, 1.807) is 0 Å². The highest BCUT2D eigenvalue weighted by atomic mass is 16.3. The van der Waals surface area contributed by atoms with Crippen molar-refractivity contribution >= 4 is 0 Å². The molecular formula is C19H24O. The lowest BCUT2D eigenvalue weighted by molar-refractivity contribution is 0.0734. The molecule has 0 saturated heterocycles. The fourth-order valence-corrected chi connectivity index (χ4v) is 3.12. The van der Waals surface area contributed by atoms with Crippen LogP contribution in [0.2, 0.25) is 0 Å². The van der Waals surface area contributed by atoms with Crippen molar-refractivity contribution in [3.63, 3.8) is 0 Å². The van der Waals surface area contributed by atoms with Crippen molar-refractivity contribution in [2.75, 3.05) is 0 Å². The highest BCUT2D eigenvalue weighted by Gasteiger charge is 2.36. The van der Waals surface area contributed by atoms with Gasteiger partial charge in [-0.15, -0.1) is 0 Å². The Morgan fingerprint density at radius 1 is 0.850 bits per heavy atom. The van der Waals surface area contributed by atoms with Gasteiger partial charge < -0.3 is 5.11 Å². The van der Waals surface area contributed by atoms with Crippen LogP contribution in [0.25, 0.3) is 0 Å². The third-order valence-corrected chi connectivity index (χ3v) is 4.52. The normalized spacial score (nSPS) is 13.2. The lowest BCUT2D eigenvalue weighted by Crippen LogP contribution is -2.40. The van der Waals surface area contributed by atoms with Crippen LogP contribution in [0.3, 0.4) is 0 Å². The van der Waals surface area contributed by atoms with E-state index in [0.717, 1.165) is 12.8 Å². The first-order valence-corrected chi connectivity index (χ1v) is 7.50. The lowest BCUT2D eigenvalue weighted by Gasteiger charge is -2.37. The minimum atomic E-state index is -0.359. The zero-order valence-electron chi connectivity index (χ0n) is 12.4. The minimum Gasteiger partial charge on any atom is -0.392 e. The summed E-state index contributed by atoms with van der Waals surface area (Å²) in [5, 5.41) is 10.9. The number of benzene rings is 2. The zero-order chi connectivity index (χ0) is 14.4. The Hall–Kier alpha value is -1.60. The van der Waals surface area contributed by atoms with Gasteiger partial charge in [-0.3, -0.25) is 0 Å². The molecule has 2 aromatic rings. The number of hydrogen-bond acceptors (Lipinski definition) is 1. The average molecular weight is 268 g/mol. The Morgan fingerprint density at radius 3 is 1.85 bits per heavy atom. The maximum Gasteiger partial charge on any atom is 0.0676 e. The molecular weight excluding hydrogens is 244 g/mol. The van der Waals surface area contributed by atoms with Gasteiger partial charge in [0.1, 0.15) is 0 Å². The molecule has 0 spiro atoms. The van der Waals surface area contributed by atoms with E-state index >= 15 is 0 Å². The second-order valence-corrected chi connectivity index (χ2v) is 5.43. The Balaban J connectivity index is 2.28. The standard InChI is InChI=1S/C19H24O/c1-3-19(4-2,17-13-9-6-10-14-17)18(20)15-16-11-7-5-8-12-16/h5-14,18,20H,3-4,15H2,1-2H3. The fourth-order valence-electron chi connectivity index (χ4n) is 3.12. The van der Waals surface area contributed by atoms with Crippen LogP contribution in [0.5, 0.6) is 0 Å². The van der Waals surface area contributed by atoms with E-state index in [4.69, 9.17) is 0 Å². The predicted molar refractivity (Wildman–Crippen MR) is 84.9 cm³/mol. The minimum absolute atomic E-state index is 0.156. The van der Waals surface area contributed by atoms with E-state index in [0.29, 0.717) is 6.42 Å². The summed E-state index contributed by atoms with van der Waals surface area (Å²) in [5.74, 6) is 0.